The van der Waals surface area contributed by atoms with Crippen LogP contribution in [0, 0.1) is 13.8 Å². The average Bonchev–Trinajstić information content (AvgIpc) is 2.95. The molecule has 0 saturated carbocycles. The van der Waals surface area contributed by atoms with Gasteiger partial charge in [0.2, 0.25) is 15.9 Å². The van der Waals surface area contributed by atoms with E-state index in [1.54, 1.807) is 19.9 Å². The molecule has 2 heterocycles. The van der Waals surface area contributed by atoms with Crippen molar-refractivity contribution >= 4 is 44.8 Å². The van der Waals surface area contributed by atoms with Gasteiger partial charge in [-0.2, -0.15) is 9.40 Å². The normalized spacial score (nSPS) is 16.0. The van der Waals surface area contributed by atoms with Gasteiger partial charge in [0.25, 0.3) is 5.56 Å². The maximum absolute atomic E-state index is 13.3. The van der Waals surface area contributed by atoms with E-state index < -0.39 is 28.0 Å². The molecule has 1 aliphatic heterocycles. The first-order valence-corrected chi connectivity index (χ1v) is 12.2. The van der Waals surface area contributed by atoms with Crippen molar-refractivity contribution < 1.29 is 13.2 Å². The van der Waals surface area contributed by atoms with E-state index in [2.05, 4.69) is 15.3 Å². The molecular formula is C20H25Cl2N5O4S. The number of hydrogen-bond donors (Lipinski definition) is 1. The molecule has 174 valence electrons. The highest BCUT2D eigenvalue weighted by atomic mass is 35.5. The summed E-state index contributed by atoms with van der Waals surface area (Å²) in [6.07, 6.45) is 1.93. The van der Waals surface area contributed by atoms with Crippen LogP contribution in [0.4, 0.5) is 5.69 Å². The van der Waals surface area contributed by atoms with Gasteiger partial charge in [-0.1, -0.05) is 29.3 Å². The van der Waals surface area contributed by atoms with Gasteiger partial charge in [0.1, 0.15) is 11.6 Å². The molecule has 1 saturated heterocycles. The molecule has 2 aromatic rings. The van der Waals surface area contributed by atoms with Crippen LogP contribution in [-0.4, -0.2) is 66.5 Å². The maximum Gasteiger partial charge on any atom is 0.287 e. The Bertz CT molecular complexity index is 1200. The molecule has 32 heavy (non-hydrogen) atoms. The van der Waals surface area contributed by atoms with Crippen LogP contribution in [0.2, 0.25) is 10.0 Å². The molecule has 12 heteroatoms. The summed E-state index contributed by atoms with van der Waals surface area (Å²) in [5.41, 5.74) is 0.948. The van der Waals surface area contributed by atoms with E-state index in [1.807, 2.05) is 7.05 Å². The fourth-order valence-corrected chi connectivity index (χ4v) is 5.50. The number of likely N-dealkylation sites (N-methyl/N-ethyl adjacent to an activating group) is 1. The van der Waals surface area contributed by atoms with Crippen molar-refractivity contribution in [2.24, 2.45) is 0 Å². The van der Waals surface area contributed by atoms with E-state index in [1.165, 1.54) is 16.6 Å². The van der Waals surface area contributed by atoms with Crippen LogP contribution >= 0.6 is 23.2 Å². The van der Waals surface area contributed by atoms with Gasteiger partial charge in [-0.05, 0) is 51.1 Å². The SMILES string of the molecule is Cc1cc(C)c(S(=O)(=O)N2CCCN(C)CC2)cc1NC(=O)Cn1ncc(Cl)c(Cl)c1=O. The largest absolute Gasteiger partial charge is 0.324 e. The maximum atomic E-state index is 13.3. The van der Waals surface area contributed by atoms with Gasteiger partial charge in [0.15, 0.2) is 0 Å². The molecule has 0 aliphatic carbocycles. The van der Waals surface area contributed by atoms with E-state index >= 15 is 0 Å². The fraction of sp³-hybridized carbons (Fsp3) is 0.450. The number of aryl methyl sites for hydroxylation is 2. The van der Waals surface area contributed by atoms with Crippen molar-refractivity contribution in [2.45, 2.75) is 31.7 Å². The Labute approximate surface area is 197 Å². The van der Waals surface area contributed by atoms with Crippen molar-refractivity contribution in [3.8, 4) is 0 Å². The Kier molecular flexibility index (Phi) is 7.61. The lowest BCUT2D eigenvalue weighted by Crippen LogP contribution is -2.35. The van der Waals surface area contributed by atoms with Gasteiger partial charge in [0, 0.05) is 25.3 Å². The number of rotatable bonds is 5. The second-order valence-electron chi connectivity index (χ2n) is 7.81. The van der Waals surface area contributed by atoms with E-state index in [9.17, 15) is 18.0 Å². The van der Waals surface area contributed by atoms with Crippen LogP contribution in [0.1, 0.15) is 17.5 Å². The summed E-state index contributed by atoms with van der Waals surface area (Å²) in [4.78, 5) is 26.9. The topological polar surface area (TPSA) is 105 Å². The number of carbonyl (C=O) groups excluding carboxylic acids is 1. The monoisotopic (exact) mass is 501 g/mol. The third-order valence-corrected chi connectivity index (χ3v) is 8.12. The number of nitrogens with one attached hydrogen (secondary N) is 1. The molecule has 1 N–H and O–H groups in total. The standard InChI is InChI=1S/C20H25Cl2N5O4S/c1-13-9-14(2)17(32(30,31)26-6-4-5-25(3)7-8-26)10-16(13)24-18(28)12-27-20(29)19(22)15(21)11-23-27/h9-11H,4-8,12H2,1-3H3,(H,24,28). The highest BCUT2D eigenvalue weighted by Gasteiger charge is 2.28. The zero-order valence-corrected chi connectivity index (χ0v) is 20.4. The molecular weight excluding hydrogens is 477 g/mol. The van der Waals surface area contributed by atoms with E-state index in [0.717, 1.165) is 17.6 Å². The predicted octanol–water partition coefficient (Wildman–Crippen LogP) is 2.13. The van der Waals surface area contributed by atoms with Crippen molar-refractivity contribution in [3.05, 3.63) is 49.9 Å². The number of hydrogen-bond acceptors (Lipinski definition) is 6. The number of halogens is 2. The third kappa shape index (κ3) is 5.32. The third-order valence-electron chi connectivity index (χ3n) is 5.33. The van der Waals surface area contributed by atoms with Gasteiger partial charge in [-0.15, -0.1) is 0 Å². The first kappa shape index (κ1) is 24.7. The molecule has 1 aromatic carbocycles. The van der Waals surface area contributed by atoms with E-state index in [4.69, 9.17) is 23.2 Å². The summed E-state index contributed by atoms with van der Waals surface area (Å²) >= 11 is 11.6. The minimum absolute atomic E-state index is 0.00254. The molecule has 1 amide bonds. The number of sulfonamides is 1. The summed E-state index contributed by atoms with van der Waals surface area (Å²) in [6, 6.07) is 3.19. The van der Waals surface area contributed by atoms with Crippen LogP contribution < -0.4 is 10.9 Å². The van der Waals surface area contributed by atoms with Crippen LogP contribution in [-0.2, 0) is 21.4 Å². The zero-order chi connectivity index (χ0) is 23.6. The lowest BCUT2D eigenvalue weighted by molar-refractivity contribution is -0.117. The van der Waals surface area contributed by atoms with E-state index in [0.29, 0.717) is 36.4 Å². The molecule has 1 aromatic heterocycles. The van der Waals surface area contributed by atoms with Crippen molar-refractivity contribution in [3.63, 3.8) is 0 Å². The van der Waals surface area contributed by atoms with Gasteiger partial charge < -0.3 is 10.2 Å². The Morgan fingerprint density at radius 2 is 1.84 bits per heavy atom. The first-order valence-electron chi connectivity index (χ1n) is 10.0. The molecule has 0 spiro atoms. The average molecular weight is 502 g/mol. The number of carbonyl (C=O) groups is 1. The van der Waals surface area contributed by atoms with Crippen LogP contribution in [0.5, 0.6) is 0 Å². The van der Waals surface area contributed by atoms with Gasteiger partial charge in [-0.3, -0.25) is 9.59 Å². The highest BCUT2D eigenvalue weighted by molar-refractivity contribution is 7.89. The predicted molar refractivity (Wildman–Crippen MR) is 124 cm³/mol. The summed E-state index contributed by atoms with van der Waals surface area (Å²) < 4.78 is 29.0. The number of aromatic nitrogens is 2. The van der Waals surface area contributed by atoms with Crippen molar-refractivity contribution in [1.82, 2.24) is 19.0 Å². The summed E-state index contributed by atoms with van der Waals surface area (Å²) in [7, 11) is -1.77. The second-order valence-corrected chi connectivity index (χ2v) is 10.5. The molecule has 1 aliphatic rings. The highest BCUT2D eigenvalue weighted by Crippen LogP contribution is 2.27. The quantitative estimate of drug-likeness (QED) is 0.672. The molecule has 0 unspecified atom stereocenters. The minimum atomic E-state index is -3.73. The second kappa shape index (κ2) is 9.88. The molecule has 0 radical (unpaired) electrons. The van der Waals surface area contributed by atoms with Crippen LogP contribution in [0.25, 0.3) is 0 Å². The lowest BCUT2D eigenvalue weighted by Gasteiger charge is -2.22. The summed E-state index contributed by atoms with van der Waals surface area (Å²) in [5.74, 6) is -0.551. The van der Waals surface area contributed by atoms with Gasteiger partial charge >= 0.3 is 0 Å². The van der Waals surface area contributed by atoms with E-state index in [-0.39, 0.29) is 14.9 Å². The molecule has 1 fully saturated rings. The summed E-state index contributed by atoms with van der Waals surface area (Å²) in [5, 5.41) is 6.26. The van der Waals surface area contributed by atoms with Crippen molar-refractivity contribution in [1.29, 1.82) is 0 Å². The molecule has 0 bridgehead atoms. The number of amides is 1. The van der Waals surface area contributed by atoms with Gasteiger partial charge in [0.05, 0.1) is 16.1 Å². The Morgan fingerprint density at radius 1 is 1.12 bits per heavy atom. The summed E-state index contributed by atoms with van der Waals surface area (Å²) in [6.45, 7) is 5.43. The Hall–Kier alpha value is -1.98. The smallest absolute Gasteiger partial charge is 0.287 e. The van der Waals surface area contributed by atoms with Crippen LogP contribution in [0.15, 0.2) is 28.0 Å². The lowest BCUT2D eigenvalue weighted by atomic mass is 10.1. The molecule has 9 nitrogen and oxygen atoms in total. The minimum Gasteiger partial charge on any atom is -0.324 e. The van der Waals surface area contributed by atoms with Crippen molar-refractivity contribution in [2.75, 3.05) is 38.5 Å². The fourth-order valence-electron chi connectivity index (χ4n) is 3.53. The van der Waals surface area contributed by atoms with Gasteiger partial charge in [-0.25, -0.2) is 13.1 Å². The molecule has 3 rings (SSSR count). The Balaban J connectivity index is 1.86. The zero-order valence-electron chi connectivity index (χ0n) is 18.1. The number of benzene rings is 1. The number of anilines is 1. The Morgan fingerprint density at radius 3 is 2.56 bits per heavy atom. The number of nitrogens with zero attached hydrogens (tertiary/aromatic N) is 4. The van der Waals surface area contributed by atoms with Crippen LogP contribution in [0.3, 0.4) is 0 Å². The molecule has 0 atom stereocenters. The first-order chi connectivity index (χ1) is 15.0.